The summed E-state index contributed by atoms with van der Waals surface area (Å²) in [7, 11) is 1.45. The third-order valence-electron chi connectivity index (χ3n) is 3.63. The van der Waals surface area contributed by atoms with Crippen molar-refractivity contribution in [3.05, 3.63) is 54.1 Å². The van der Waals surface area contributed by atoms with Gasteiger partial charge >= 0.3 is 11.9 Å². The van der Waals surface area contributed by atoms with Crippen LogP contribution in [0.25, 0.3) is 11.1 Å². The number of likely N-dealkylation sites (N-methyl/N-ethyl adjacent to an activating group) is 1. The first-order chi connectivity index (χ1) is 13.4. The lowest BCUT2D eigenvalue weighted by Crippen LogP contribution is -2.37. The molecule has 0 atom stereocenters. The number of ether oxygens (including phenoxy) is 2. The van der Waals surface area contributed by atoms with E-state index in [1.165, 1.54) is 14.0 Å². The first-order valence-electron chi connectivity index (χ1n) is 8.42. The molecule has 0 aliphatic heterocycles. The summed E-state index contributed by atoms with van der Waals surface area (Å²) in [6.45, 7) is 0.671. The number of hydrogen-bond donors (Lipinski definition) is 2. The average molecular weight is 384 g/mol. The number of esters is 2. The van der Waals surface area contributed by atoms with Gasteiger partial charge in [0.1, 0.15) is 5.75 Å². The van der Waals surface area contributed by atoms with Crippen molar-refractivity contribution < 1.29 is 28.7 Å². The van der Waals surface area contributed by atoms with Gasteiger partial charge in [-0.2, -0.15) is 0 Å². The van der Waals surface area contributed by atoms with Gasteiger partial charge in [0.15, 0.2) is 6.61 Å². The van der Waals surface area contributed by atoms with Crippen LogP contribution >= 0.6 is 0 Å². The fourth-order valence-electron chi connectivity index (χ4n) is 2.21. The van der Waals surface area contributed by atoms with Crippen molar-refractivity contribution in [2.24, 2.45) is 0 Å². The lowest BCUT2D eigenvalue weighted by Gasteiger charge is -2.07. The highest BCUT2D eigenvalue weighted by Gasteiger charge is 2.11. The van der Waals surface area contributed by atoms with Gasteiger partial charge in [0, 0.05) is 14.0 Å². The molecule has 2 N–H and O–H groups in total. The van der Waals surface area contributed by atoms with Gasteiger partial charge in [0.05, 0.1) is 12.1 Å². The summed E-state index contributed by atoms with van der Waals surface area (Å²) in [4.78, 5) is 45.5. The highest BCUT2D eigenvalue weighted by Crippen LogP contribution is 2.23. The molecule has 2 amide bonds. The lowest BCUT2D eigenvalue weighted by molar-refractivity contribution is -0.131. The minimum Gasteiger partial charge on any atom is -0.452 e. The van der Waals surface area contributed by atoms with Crippen molar-refractivity contribution >= 4 is 23.8 Å². The quantitative estimate of drug-likeness (QED) is 0.550. The lowest BCUT2D eigenvalue weighted by atomic mass is 10.0. The molecular weight excluding hydrogens is 364 g/mol. The molecule has 0 unspecified atom stereocenters. The number of nitrogens with one attached hydrogen (secondary N) is 2. The molecule has 0 aliphatic carbocycles. The molecule has 0 fully saturated rings. The maximum Gasteiger partial charge on any atom is 0.338 e. The number of amides is 2. The van der Waals surface area contributed by atoms with Crippen LogP contribution in [0.3, 0.4) is 0 Å². The summed E-state index contributed by atoms with van der Waals surface area (Å²) in [5, 5.41) is 4.69. The Labute approximate surface area is 161 Å². The second-order valence-electron chi connectivity index (χ2n) is 5.72. The summed E-state index contributed by atoms with van der Waals surface area (Å²) < 4.78 is 9.91. The number of hydrogen-bond acceptors (Lipinski definition) is 6. The largest absolute Gasteiger partial charge is 0.452 e. The normalized spacial score (nSPS) is 9.93. The Bertz CT molecular complexity index is 859. The molecule has 8 nitrogen and oxygen atoms in total. The molecule has 0 saturated carbocycles. The fraction of sp³-hybridized carbons (Fsp3) is 0.200. The zero-order chi connectivity index (χ0) is 20.5. The summed E-state index contributed by atoms with van der Waals surface area (Å²) >= 11 is 0. The Morgan fingerprint density at radius 2 is 1.43 bits per heavy atom. The molecular formula is C20H20N2O6. The maximum atomic E-state index is 12.0. The number of rotatable bonds is 7. The summed E-state index contributed by atoms with van der Waals surface area (Å²) in [5.41, 5.74) is 2.03. The summed E-state index contributed by atoms with van der Waals surface area (Å²) in [6.07, 6.45) is 0. The third-order valence-corrected chi connectivity index (χ3v) is 3.63. The minimum atomic E-state index is -0.646. The van der Waals surface area contributed by atoms with Gasteiger partial charge in [-0.3, -0.25) is 14.4 Å². The van der Waals surface area contributed by atoms with Gasteiger partial charge in [-0.25, -0.2) is 4.79 Å². The number of benzene rings is 2. The Balaban J connectivity index is 1.90. The van der Waals surface area contributed by atoms with E-state index < -0.39 is 24.5 Å². The highest BCUT2D eigenvalue weighted by molar-refractivity contribution is 5.92. The molecule has 0 radical (unpaired) electrons. The zero-order valence-electron chi connectivity index (χ0n) is 15.5. The van der Waals surface area contributed by atoms with Crippen LogP contribution < -0.4 is 15.4 Å². The van der Waals surface area contributed by atoms with E-state index in [9.17, 15) is 19.2 Å². The third kappa shape index (κ3) is 6.24. The van der Waals surface area contributed by atoms with Gasteiger partial charge in [-0.05, 0) is 35.4 Å². The molecule has 2 aromatic rings. The van der Waals surface area contributed by atoms with Crippen molar-refractivity contribution in [3.63, 3.8) is 0 Å². The Morgan fingerprint density at radius 1 is 0.857 bits per heavy atom. The topological polar surface area (TPSA) is 111 Å². The van der Waals surface area contributed by atoms with E-state index in [1.807, 2.05) is 0 Å². The molecule has 0 bridgehead atoms. The van der Waals surface area contributed by atoms with Gasteiger partial charge in [0.2, 0.25) is 5.91 Å². The fourth-order valence-corrected chi connectivity index (χ4v) is 2.21. The molecule has 28 heavy (non-hydrogen) atoms. The van der Waals surface area contributed by atoms with Crippen LogP contribution in [-0.2, 0) is 19.1 Å². The molecule has 2 rings (SSSR count). The molecule has 8 heteroatoms. The summed E-state index contributed by atoms with van der Waals surface area (Å²) in [5.74, 6) is -1.51. The van der Waals surface area contributed by atoms with E-state index in [2.05, 4.69) is 10.6 Å². The molecule has 2 aromatic carbocycles. The Morgan fingerprint density at radius 3 is 1.96 bits per heavy atom. The van der Waals surface area contributed by atoms with E-state index in [-0.39, 0.29) is 12.5 Å². The van der Waals surface area contributed by atoms with Crippen molar-refractivity contribution in [1.82, 2.24) is 10.6 Å². The molecule has 0 spiro atoms. The highest BCUT2D eigenvalue weighted by atomic mass is 16.5. The van der Waals surface area contributed by atoms with Gasteiger partial charge in [-0.15, -0.1) is 0 Å². The first kappa shape index (κ1) is 20.6. The maximum absolute atomic E-state index is 12.0. The van der Waals surface area contributed by atoms with Crippen LogP contribution in [0.2, 0.25) is 0 Å². The second-order valence-corrected chi connectivity index (χ2v) is 5.72. The van der Waals surface area contributed by atoms with Crippen LogP contribution in [0.1, 0.15) is 17.3 Å². The minimum absolute atomic E-state index is 0.183. The van der Waals surface area contributed by atoms with Gasteiger partial charge in [0.25, 0.3) is 5.91 Å². The van der Waals surface area contributed by atoms with Crippen LogP contribution in [-0.4, -0.2) is 44.0 Å². The average Bonchev–Trinajstić information content (AvgIpc) is 2.70. The van der Waals surface area contributed by atoms with Crippen molar-refractivity contribution in [1.29, 1.82) is 0 Å². The molecule has 0 aromatic heterocycles. The molecule has 0 heterocycles. The van der Waals surface area contributed by atoms with Gasteiger partial charge in [-0.1, -0.05) is 24.3 Å². The molecule has 0 aliphatic rings. The van der Waals surface area contributed by atoms with E-state index >= 15 is 0 Å². The van der Waals surface area contributed by atoms with Crippen LogP contribution in [0.5, 0.6) is 5.75 Å². The predicted molar refractivity (Wildman–Crippen MR) is 101 cm³/mol. The van der Waals surface area contributed by atoms with Gasteiger partial charge < -0.3 is 20.1 Å². The van der Waals surface area contributed by atoms with E-state index in [0.29, 0.717) is 11.3 Å². The smallest absolute Gasteiger partial charge is 0.338 e. The predicted octanol–water partition coefficient (Wildman–Crippen LogP) is 1.30. The Kier molecular flexibility index (Phi) is 7.27. The van der Waals surface area contributed by atoms with Crippen molar-refractivity contribution in [2.75, 3.05) is 20.2 Å². The number of carbonyl (C=O) groups excluding carboxylic acids is 4. The zero-order valence-corrected chi connectivity index (χ0v) is 15.5. The number of carbonyl (C=O) groups is 4. The van der Waals surface area contributed by atoms with Crippen LogP contribution in [0.15, 0.2) is 48.5 Å². The van der Waals surface area contributed by atoms with Crippen LogP contribution in [0.4, 0.5) is 0 Å². The Hall–Kier alpha value is -3.68. The van der Waals surface area contributed by atoms with Crippen molar-refractivity contribution in [3.8, 4) is 16.9 Å². The van der Waals surface area contributed by atoms with E-state index in [1.54, 1.807) is 48.5 Å². The van der Waals surface area contributed by atoms with E-state index in [0.717, 1.165) is 11.1 Å². The SMILES string of the molecule is CNC(=O)CNC(=O)COC(=O)c1ccc(-c2ccc(OC(C)=O)cc2)cc1. The van der Waals surface area contributed by atoms with Crippen LogP contribution in [0, 0.1) is 0 Å². The monoisotopic (exact) mass is 384 g/mol. The molecule has 146 valence electrons. The second kappa shape index (κ2) is 9.86. The van der Waals surface area contributed by atoms with E-state index in [4.69, 9.17) is 9.47 Å². The van der Waals surface area contributed by atoms with Crippen molar-refractivity contribution in [2.45, 2.75) is 6.92 Å². The first-order valence-corrected chi connectivity index (χ1v) is 8.42. The standard InChI is InChI=1S/C20H20N2O6/c1-13(23)28-17-9-7-15(8-10-17)14-3-5-16(6-4-14)20(26)27-12-19(25)22-11-18(24)21-2/h3-10H,11-12H2,1-2H3,(H,21,24)(H,22,25). The molecule has 0 saturated heterocycles. The summed E-state index contributed by atoms with van der Waals surface area (Å²) in [6, 6.07) is 13.6.